The first kappa shape index (κ1) is 16.1. The molecule has 1 aromatic heterocycles. The van der Waals surface area contributed by atoms with E-state index in [-0.39, 0.29) is 10.9 Å². The molecule has 1 N–H and O–H groups in total. The van der Waals surface area contributed by atoms with Gasteiger partial charge in [-0.25, -0.2) is 18.1 Å². The average molecular weight is 347 g/mol. The van der Waals surface area contributed by atoms with Crippen LogP contribution < -0.4 is 4.72 Å². The van der Waals surface area contributed by atoms with E-state index in [4.69, 9.17) is 5.26 Å². The Morgan fingerprint density at radius 3 is 2.70 bits per heavy atom. The van der Waals surface area contributed by atoms with E-state index < -0.39 is 10.0 Å². The number of hydrogen-bond acceptors (Lipinski definition) is 5. The molecule has 1 aliphatic carbocycles. The molecule has 1 aromatic carbocycles. The number of benzene rings is 1. The predicted molar refractivity (Wildman–Crippen MR) is 88.5 cm³/mol. The lowest BCUT2D eigenvalue weighted by Crippen LogP contribution is -2.30. The van der Waals surface area contributed by atoms with Crippen LogP contribution in [0.2, 0.25) is 0 Å². The van der Waals surface area contributed by atoms with E-state index in [9.17, 15) is 8.42 Å². The molecule has 0 spiro atoms. The number of nitriles is 1. The van der Waals surface area contributed by atoms with E-state index in [1.54, 1.807) is 19.1 Å². The largest absolute Gasteiger partial charge is 0.245 e. The molecule has 120 valence electrons. The van der Waals surface area contributed by atoms with Crippen molar-refractivity contribution in [3.63, 3.8) is 0 Å². The molecule has 0 saturated heterocycles. The van der Waals surface area contributed by atoms with Crippen molar-refractivity contribution in [2.24, 2.45) is 5.92 Å². The van der Waals surface area contributed by atoms with Gasteiger partial charge in [-0.3, -0.25) is 0 Å². The van der Waals surface area contributed by atoms with Crippen LogP contribution in [0, 0.1) is 31.1 Å². The lowest BCUT2D eigenvalue weighted by molar-refractivity contribution is 0.526. The third kappa shape index (κ3) is 3.44. The van der Waals surface area contributed by atoms with Gasteiger partial charge in [0.25, 0.3) is 0 Å². The molecule has 0 radical (unpaired) electrons. The van der Waals surface area contributed by atoms with Crippen LogP contribution in [0.15, 0.2) is 28.5 Å². The standard InChI is InChI=1S/C16H17N3O2S2/c1-10-3-4-12(8-17)7-14(10)23(20,21)19-15(13-5-6-13)16-18-11(2)9-22-16/h3-4,7,9,13,15,19H,5-6H2,1-2H3. The molecule has 5 nitrogen and oxygen atoms in total. The van der Waals surface area contributed by atoms with Crippen LogP contribution in [0.3, 0.4) is 0 Å². The van der Waals surface area contributed by atoms with Crippen LogP contribution in [0.4, 0.5) is 0 Å². The number of rotatable bonds is 5. The summed E-state index contributed by atoms with van der Waals surface area (Å²) in [5, 5.41) is 11.7. The fourth-order valence-electron chi connectivity index (χ4n) is 2.48. The molecule has 1 fully saturated rings. The number of hydrogen-bond donors (Lipinski definition) is 1. The summed E-state index contributed by atoms with van der Waals surface area (Å²) in [6, 6.07) is 6.41. The van der Waals surface area contributed by atoms with Gasteiger partial charge in [0.05, 0.1) is 22.6 Å². The van der Waals surface area contributed by atoms with Crippen molar-refractivity contribution in [1.29, 1.82) is 5.26 Å². The molecular weight excluding hydrogens is 330 g/mol. The first-order valence-electron chi connectivity index (χ1n) is 7.36. The normalized spacial score (nSPS) is 16.0. The van der Waals surface area contributed by atoms with Crippen LogP contribution in [-0.4, -0.2) is 13.4 Å². The summed E-state index contributed by atoms with van der Waals surface area (Å²) >= 11 is 1.48. The van der Waals surface area contributed by atoms with E-state index in [1.807, 2.05) is 18.4 Å². The lowest BCUT2D eigenvalue weighted by Gasteiger charge is -2.17. The quantitative estimate of drug-likeness (QED) is 0.901. The van der Waals surface area contributed by atoms with Gasteiger partial charge in [-0.15, -0.1) is 11.3 Å². The smallest absolute Gasteiger partial charge is 0.241 e. The van der Waals surface area contributed by atoms with Crippen LogP contribution in [0.5, 0.6) is 0 Å². The second-order valence-corrected chi connectivity index (χ2v) is 8.43. The molecule has 1 unspecified atom stereocenters. The lowest BCUT2D eigenvalue weighted by atomic mass is 10.2. The van der Waals surface area contributed by atoms with Crippen molar-refractivity contribution in [1.82, 2.24) is 9.71 Å². The van der Waals surface area contributed by atoms with Gasteiger partial charge < -0.3 is 0 Å². The van der Waals surface area contributed by atoms with E-state index in [0.29, 0.717) is 17.0 Å². The molecule has 1 saturated carbocycles. The number of aromatic nitrogens is 1. The highest BCUT2D eigenvalue weighted by molar-refractivity contribution is 7.89. The second-order valence-electron chi connectivity index (χ2n) is 5.86. The van der Waals surface area contributed by atoms with Gasteiger partial charge in [0, 0.05) is 11.1 Å². The Morgan fingerprint density at radius 1 is 1.39 bits per heavy atom. The van der Waals surface area contributed by atoms with Gasteiger partial charge in [-0.1, -0.05) is 6.07 Å². The molecule has 0 aliphatic heterocycles. The number of thiazole rings is 1. The first-order valence-corrected chi connectivity index (χ1v) is 9.72. The Bertz CT molecular complexity index is 877. The second kappa shape index (κ2) is 6.04. The highest BCUT2D eigenvalue weighted by Crippen LogP contribution is 2.42. The van der Waals surface area contributed by atoms with E-state index in [1.165, 1.54) is 17.4 Å². The van der Waals surface area contributed by atoms with E-state index in [2.05, 4.69) is 9.71 Å². The Labute approximate surface area is 140 Å². The Kier molecular flexibility index (Phi) is 4.23. The van der Waals surface area contributed by atoms with Gasteiger partial charge in [0.15, 0.2) is 0 Å². The summed E-state index contributed by atoms with van der Waals surface area (Å²) in [6.45, 7) is 3.63. The minimum Gasteiger partial charge on any atom is -0.245 e. The third-order valence-electron chi connectivity index (χ3n) is 3.89. The fraction of sp³-hybridized carbons (Fsp3) is 0.375. The maximum absolute atomic E-state index is 12.8. The number of nitrogens with one attached hydrogen (secondary N) is 1. The Hall–Kier alpha value is -1.75. The topological polar surface area (TPSA) is 82.9 Å². The SMILES string of the molecule is Cc1csc(C(NS(=O)(=O)c2cc(C#N)ccc2C)C2CC2)n1. The predicted octanol–water partition coefficient (Wildman–Crippen LogP) is 3.06. The van der Waals surface area contributed by atoms with Crippen molar-refractivity contribution < 1.29 is 8.42 Å². The highest BCUT2D eigenvalue weighted by Gasteiger charge is 2.37. The van der Waals surface area contributed by atoms with Crippen LogP contribution in [0.25, 0.3) is 0 Å². The zero-order valence-electron chi connectivity index (χ0n) is 12.9. The minimum absolute atomic E-state index is 0.162. The van der Waals surface area contributed by atoms with Gasteiger partial charge in [0.1, 0.15) is 5.01 Å². The minimum atomic E-state index is -3.70. The molecule has 7 heteroatoms. The average Bonchev–Trinajstić information content (AvgIpc) is 3.26. The molecule has 1 aliphatic rings. The van der Waals surface area contributed by atoms with Gasteiger partial charge in [-0.2, -0.15) is 5.26 Å². The summed E-state index contributed by atoms with van der Waals surface area (Å²) in [7, 11) is -3.70. The van der Waals surface area contributed by atoms with Crippen molar-refractivity contribution in [2.45, 2.75) is 37.6 Å². The molecular formula is C16H17N3O2S2. The summed E-state index contributed by atoms with van der Waals surface area (Å²) in [5.41, 5.74) is 1.86. The van der Waals surface area contributed by atoms with E-state index >= 15 is 0 Å². The number of sulfonamides is 1. The van der Waals surface area contributed by atoms with Crippen LogP contribution in [0.1, 0.15) is 40.7 Å². The monoisotopic (exact) mass is 347 g/mol. The van der Waals surface area contributed by atoms with Gasteiger partial charge in [0.2, 0.25) is 10.0 Å². The van der Waals surface area contributed by atoms with Gasteiger partial charge in [-0.05, 0) is 50.3 Å². The highest BCUT2D eigenvalue weighted by atomic mass is 32.2. The summed E-state index contributed by atoms with van der Waals surface area (Å²) in [5.74, 6) is 0.301. The fourth-order valence-corrected chi connectivity index (χ4v) is 5.04. The maximum atomic E-state index is 12.8. The number of aryl methyl sites for hydroxylation is 2. The molecule has 1 heterocycles. The van der Waals surface area contributed by atoms with Crippen LogP contribution >= 0.6 is 11.3 Å². The molecule has 0 bridgehead atoms. The van der Waals surface area contributed by atoms with Crippen molar-refractivity contribution >= 4 is 21.4 Å². The zero-order valence-corrected chi connectivity index (χ0v) is 14.5. The molecule has 23 heavy (non-hydrogen) atoms. The Balaban J connectivity index is 1.95. The zero-order chi connectivity index (χ0) is 16.6. The number of nitrogens with zero attached hydrogens (tertiary/aromatic N) is 2. The molecule has 3 rings (SSSR count). The molecule has 2 aromatic rings. The Morgan fingerprint density at radius 2 is 2.13 bits per heavy atom. The van der Waals surface area contributed by atoms with Crippen molar-refractivity contribution in [2.75, 3.05) is 0 Å². The first-order chi connectivity index (χ1) is 10.9. The van der Waals surface area contributed by atoms with Crippen LogP contribution in [-0.2, 0) is 10.0 Å². The molecule has 0 amide bonds. The summed E-state index contributed by atoms with van der Waals surface area (Å²) in [4.78, 5) is 4.61. The van der Waals surface area contributed by atoms with Gasteiger partial charge >= 0.3 is 0 Å². The van der Waals surface area contributed by atoms with Crippen molar-refractivity contribution in [3.8, 4) is 6.07 Å². The van der Waals surface area contributed by atoms with E-state index in [0.717, 1.165) is 23.5 Å². The summed E-state index contributed by atoms with van der Waals surface area (Å²) < 4.78 is 28.4. The van der Waals surface area contributed by atoms with Crippen molar-refractivity contribution in [3.05, 3.63) is 45.4 Å². The maximum Gasteiger partial charge on any atom is 0.241 e. The third-order valence-corrected chi connectivity index (χ3v) is 6.51. The molecule has 1 atom stereocenters. The summed E-state index contributed by atoms with van der Waals surface area (Å²) in [6.07, 6.45) is 2.01.